The predicted molar refractivity (Wildman–Crippen MR) is 160 cm³/mol. The number of aromatic nitrogens is 5. The standard InChI is InChI=1S/C35H23N5/c1-3-10-26(11-4-1)33-38-34(27-12-5-2-6-13-27)40-35(39-33)30-17-8-15-25-14-7-16-29(31(25)30)24-18-20-28(21-19-24)32-36-22-9-23-37-32/h1-23H. The first-order chi connectivity index (χ1) is 19.8. The predicted octanol–water partition coefficient (Wildman–Crippen LogP) is 8.15. The van der Waals surface area contributed by atoms with Gasteiger partial charge in [-0.25, -0.2) is 24.9 Å². The van der Waals surface area contributed by atoms with Crippen LogP contribution in [0.5, 0.6) is 0 Å². The highest BCUT2D eigenvalue weighted by Crippen LogP contribution is 2.37. The molecule has 0 saturated carbocycles. The third-order valence-corrected chi connectivity index (χ3v) is 6.86. The van der Waals surface area contributed by atoms with Crippen molar-refractivity contribution in [3.8, 4) is 56.7 Å². The van der Waals surface area contributed by atoms with Crippen LogP contribution in [0.1, 0.15) is 0 Å². The van der Waals surface area contributed by atoms with Crippen molar-refractivity contribution >= 4 is 10.8 Å². The molecule has 0 saturated heterocycles. The van der Waals surface area contributed by atoms with E-state index >= 15 is 0 Å². The summed E-state index contributed by atoms with van der Waals surface area (Å²) in [6.07, 6.45) is 3.52. The third-order valence-electron chi connectivity index (χ3n) is 6.86. The molecule has 5 heteroatoms. The first kappa shape index (κ1) is 23.6. The molecule has 5 nitrogen and oxygen atoms in total. The lowest BCUT2D eigenvalue weighted by molar-refractivity contribution is 1.08. The second-order valence-corrected chi connectivity index (χ2v) is 9.40. The zero-order chi connectivity index (χ0) is 26.7. The van der Waals surface area contributed by atoms with Gasteiger partial charge in [0, 0.05) is 40.0 Å². The van der Waals surface area contributed by atoms with Crippen molar-refractivity contribution in [2.24, 2.45) is 0 Å². The van der Waals surface area contributed by atoms with Crippen molar-refractivity contribution in [1.29, 1.82) is 0 Å². The van der Waals surface area contributed by atoms with E-state index in [2.05, 4.69) is 70.6 Å². The molecule has 0 radical (unpaired) electrons. The van der Waals surface area contributed by atoms with Crippen molar-refractivity contribution in [1.82, 2.24) is 24.9 Å². The Hall–Kier alpha value is -5.55. The van der Waals surface area contributed by atoms with E-state index in [9.17, 15) is 0 Å². The van der Waals surface area contributed by atoms with E-state index in [0.29, 0.717) is 23.3 Å². The van der Waals surface area contributed by atoms with Crippen LogP contribution in [0.3, 0.4) is 0 Å². The number of nitrogens with zero attached hydrogens (tertiary/aromatic N) is 5. The smallest absolute Gasteiger partial charge is 0.164 e. The van der Waals surface area contributed by atoms with Gasteiger partial charge in [-0.2, -0.15) is 0 Å². The van der Waals surface area contributed by atoms with Crippen LogP contribution in [0.25, 0.3) is 67.5 Å². The second-order valence-electron chi connectivity index (χ2n) is 9.40. The van der Waals surface area contributed by atoms with Gasteiger partial charge in [0.1, 0.15) is 0 Å². The molecule has 7 rings (SSSR count). The van der Waals surface area contributed by atoms with Gasteiger partial charge in [0.25, 0.3) is 0 Å². The van der Waals surface area contributed by atoms with Crippen molar-refractivity contribution < 1.29 is 0 Å². The monoisotopic (exact) mass is 513 g/mol. The minimum absolute atomic E-state index is 0.639. The quantitative estimate of drug-likeness (QED) is 0.232. The Morgan fingerprint density at radius 2 is 0.825 bits per heavy atom. The van der Waals surface area contributed by atoms with Gasteiger partial charge in [-0.1, -0.05) is 121 Å². The third kappa shape index (κ3) is 4.50. The average molecular weight is 514 g/mol. The molecule has 0 amide bonds. The van der Waals surface area contributed by atoms with Gasteiger partial charge < -0.3 is 0 Å². The largest absolute Gasteiger partial charge is 0.237 e. The van der Waals surface area contributed by atoms with Crippen LogP contribution in [-0.4, -0.2) is 24.9 Å². The van der Waals surface area contributed by atoms with Crippen LogP contribution < -0.4 is 0 Å². The lowest BCUT2D eigenvalue weighted by Gasteiger charge is -2.13. The number of rotatable bonds is 5. The number of hydrogen-bond acceptors (Lipinski definition) is 5. The molecule has 40 heavy (non-hydrogen) atoms. The SMILES string of the molecule is c1ccc(-c2nc(-c3ccccc3)nc(-c3cccc4cccc(-c5ccc(-c6ncccn6)cc5)c34)n2)cc1. The molecule has 0 aliphatic carbocycles. The Morgan fingerprint density at radius 1 is 0.325 bits per heavy atom. The van der Waals surface area contributed by atoms with E-state index in [-0.39, 0.29) is 0 Å². The Labute approximate surface area is 231 Å². The van der Waals surface area contributed by atoms with Crippen molar-refractivity contribution in [2.45, 2.75) is 0 Å². The Kier molecular flexibility index (Phi) is 6.07. The Balaban J connectivity index is 1.42. The van der Waals surface area contributed by atoms with E-state index in [4.69, 9.17) is 15.0 Å². The highest BCUT2D eigenvalue weighted by molar-refractivity contribution is 6.05. The summed E-state index contributed by atoms with van der Waals surface area (Å²) < 4.78 is 0. The number of hydrogen-bond donors (Lipinski definition) is 0. The van der Waals surface area contributed by atoms with Crippen molar-refractivity contribution in [3.05, 3.63) is 140 Å². The van der Waals surface area contributed by atoms with Gasteiger partial charge >= 0.3 is 0 Å². The van der Waals surface area contributed by atoms with E-state index in [0.717, 1.165) is 44.2 Å². The van der Waals surface area contributed by atoms with E-state index in [1.807, 2.05) is 66.7 Å². The molecule has 0 unspecified atom stereocenters. The summed E-state index contributed by atoms with van der Waals surface area (Å²) in [5.74, 6) is 2.64. The fraction of sp³-hybridized carbons (Fsp3) is 0. The topological polar surface area (TPSA) is 64.5 Å². The molecule has 2 aromatic heterocycles. The fourth-order valence-corrected chi connectivity index (χ4v) is 4.94. The molecule has 5 aromatic carbocycles. The molecular formula is C35H23N5. The summed E-state index contributed by atoms with van der Waals surface area (Å²) >= 11 is 0. The summed E-state index contributed by atoms with van der Waals surface area (Å²) in [4.78, 5) is 23.6. The van der Waals surface area contributed by atoms with Gasteiger partial charge in [-0.3, -0.25) is 0 Å². The Bertz CT molecular complexity index is 1860. The van der Waals surface area contributed by atoms with Gasteiger partial charge in [-0.15, -0.1) is 0 Å². The molecule has 0 spiro atoms. The zero-order valence-electron chi connectivity index (χ0n) is 21.5. The maximum Gasteiger partial charge on any atom is 0.164 e. The summed E-state index contributed by atoms with van der Waals surface area (Å²) in [5, 5.41) is 2.21. The molecule has 0 aliphatic rings. The highest BCUT2D eigenvalue weighted by Gasteiger charge is 2.16. The molecule has 0 aliphatic heterocycles. The molecule has 0 N–H and O–H groups in total. The summed E-state index contributed by atoms with van der Waals surface area (Å²) in [6, 6.07) is 43.0. The molecular weight excluding hydrogens is 490 g/mol. The molecule has 0 fully saturated rings. The first-order valence-electron chi connectivity index (χ1n) is 13.1. The second kappa shape index (κ2) is 10.3. The summed E-state index contributed by atoms with van der Waals surface area (Å²) in [6.45, 7) is 0. The first-order valence-corrected chi connectivity index (χ1v) is 13.1. The maximum atomic E-state index is 5.00. The fourth-order valence-electron chi connectivity index (χ4n) is 4.94. The Morgan fingerprint density at radius 3 is 1.43 bits per heavy atom. The van der Waals surface area contributed by atoms with Crippen molar-refractivity contribution in [3.63, 3.8) is 0 Å². The van der Waals surface area contributed by atoms with E-state index in [1.165, 1.54) is 0 Å². The molecule has 7 aromatic rings. The maximum absolute atomic E-state index is 5.00. The number of benzene rings is 5. The van der Waals surface area contributed by atoms with Crippen LogP contribution in [0.15, 0.2) is 140 Å². The van der Waals surface area contributed by atoms with Gasteiger partial charge in [0.05, 0.1) is 0 Å². The number of fused-ring (bicyclic) bond motifs is 1. The highest BCUT2D eigenvalue weighted by atomic mass is 15.0. The van der Waals surface area contributed by atoms with E-state index < -0.39 is 0 Å². The summed E-state index contributed by atoms with van der Waals surface area (Å²) in [5.41, 5.74) is 6.03. The van der Waals surface area contributed by atoms with Crippen LogP contribution in [0.4, 0.5) is 0 Å². The van der Waals surface area contributed by atoms with Crippen molar-refractivity contribution in [2.75, 3.05) is 0 Å². The van der Waals surface area contributed by atoms with E-state index in [1.54, 1.807) is 12.4 Å². The molecule has 0 atom stereocenters. The van der Waals surface area contributed by atoms with Crippen LogP contribution in [0.2, 0.25) is 0 Å². The summed E-state index contributed by atoms with van der Waals surface area (Å²) in [7, 11) is 0. The van der Waals surface area contributed by atoms with Crippen LogP contribution >= 0.6 is 0 Å². The lowest BCUT2D eigenvalue weighted by Crippen LogP contribution is -2.00. The average Bonchev–Trinajstić information content (AvgIpc) is 3.05. The molecule has 188 valence electrons. The van der Waals surface area contributed by atoms with Crippen LogP contribution in [0, 0.1) is 0 Å². The molecule has 0 bridgehead atoms. The van der Waals surface area contributed by atoms with Gasteiger partial charge in [-0.05, 0) is 22.6 Å². The lowest BCUT2D eigenvalue weighted by atomic mass is 9.93. The minimum atomic E-state index is 0.639. The zero-order valence-corrected chi connectivity index (χ0v) is 21.5. The minimum Gasteiger partial charge on any atom is -0.237 e. The molecule has 2 heterocycles. The van der Waals surface area contributed by atoms with Gasteiger partial charge in [0.15, 0.2) is 23.3 Å². The normalized spacial score (nSPS) is 11.0. The van der Waals surface area contributed by atoms with Gasteiger partial charge in [0.2, 0.25) is 0 Å². The van der Waals surface area contributed by atoms with Crippen LogP contribution in [-0.2, 0) is 0 Å².